The van der Waals surface area contributed by atoms with Crippen LogP contribution in [0.4, 0.5) is 0 Å². The molecule has 0 spiro atoms. The maximum atomic E-state index is 5.67. The van der Waals surface area contributed by atoms with E-state index in [1.165, 1.54) is 69.0 Å². The Morgan fingerprint density at radius 1 is 0.453 bits per heavy atom. The molecule has 8 aromatic carbocycles. The van der Waals surface area contributed by atoms with E-state index in [-0.39, 0.29) is 0 Å². The van der Waals surface area contributed by atoms with E-state index in [9.17, 15) is 0 Å². The summed E-state index contributed by atoms with van der Waals surface area (Å²) in [5.41, 5.74) is 9.66. The van der Waals surface area contributed by atoms with Gasteiger partial charge >= 0.3 is 0 Å². The van der Waals surface area contributed by atoms with Crippen LogP contribution in [0.25, 0.3) is 119 Å². The quantitative estimate of drug-likeness (QED) is 0.169. The minimum absolute atomic E-state index is 0.832. The number of hydrogen-bond donors (Lipinski definition) is 0. The van der Waals surface area contributed by atoms with E-state index >= 15 is 0 Å². The van der Waals surface area contributed by atoms with Gasteiger partial charge in [0.2, 0.25) is 0 Å². The Morgan fingerprint density at radius 3 is 2.06 bits per heavy atom. The summed E-state index contributed by atoms with van der Waals surface area (Å²) in [6.07, 6.45) is 0. The number of benzene rings is 8. The Kier molecular flexibility index (Phi) is 5.22. The maximum absolute atomic E-state index is 5.67. The number of rotatable bonds is 2. The van der Waals surface area contributed by atoms with Crippen molar-refractivity contribution in [3.63, 3.8) is 0 Å². The Morgan fingerprint density at radius 2 is 1.15 bits per heavy atom. The maximum Gasteiger partial charge on any atom is 0.165 e. The third kappa shape index (κ3) is 3.50. The molecule has 13 rings (SSSR count). The summed E-state index contributed by atoms with van der Waals surface area (Å²) in [6, 6.07) is 57.1. The van der Waals surface area contributed by atoms with Crippen LogP contribution in [0, 0.1) is 0 Å². The van der Waals surface area contributed by atoms with Crippen molar-refractivity contribution in [2.24, 2.45) is 0 Å². The van der Waals surface area contributed by atoms with Gasteiger partial charge < -0.3 is 4.40 Å². The van der Waals surface area contributed by atoms with E-state index in [0.717, 1.165) is 49.9 Å². The first-order chi connectivity index (χ1) is 26.3. The van der Waals surface area contributed by atoms with E-state index in [4.69, 9.17) is 9.97 Å². The smallest absolute Gasteiger partial charge is 0.165 e. The van der Waals surface area contributed by atoms with Gasteiger partial charge in [0.25, 0.3) is 0 Å². The molecule has 5 aromatic heterocycles. The molecule has 0 saturated heterocycles. The SMILES string of the molecule is c1ccc(-c2nc3ccc4ccccc4c3nc2-n2c3cccc4c5cccc6c7ccccc7n(c56)c5c6sc7ccccc7c6cc2c5c43)cc1. The van der Waals surface area contributed by atoms with Gasteiger partial charge in [-0.25, -0.2) is 9.97 Å². The van der Waals surface area contributed by atoms with E-state index in [1.54, 1.807) is 0 Å². The second-order valence-corrected chi connectivity index (χ2v) is 15.2. The number of nitrogens with zero attached hydrogens (tertiary/aromatic N) is 4. The molecule has 0 amide bonds. The number of hydrogen-bond acceptors (Lipinski definition) is 3. The zero-order valence-electron chi connectivity index (χ0n) is 28.2. The predicted molar refractivity (Wildman–Crippen MR) is 224 cm³/mol. The summed E-state index contributed by atoms with van der Waals surface area (Å²) in [5.74, 6) is 0.832. The summed E-state index contributed by atoms with van der Waals surface area (Å²) in [6.45, 7) is 0. The summed E-state index contributed by atoms with van der Waals surface area (Å²) < 4.78 is 7.57. The van der Waals surface area contributed by atoms with Gasteiger partial charge in [-0.05, 0) is 41.1 Å². The largest absolute Gasteiger partial charge is 0.306 e. The topological polar surface area (TPSA) is 35.1 Å². The standard InChI is InChI=1S/C48H26N4S/c1-2-13-28(14-3-1)43-48(50-44-29-15-5-4-12-27(29)24-25-36(44)49-43)51-38-22-11-18-32-34-20-10-19-33-30-16-6-8-21-37(30)52(45(33)34)46-42(41(32)38)39(51)26-35-31-17-7-9-23-40(31)53-47(35)46/h1-26H. The number of aromatic nitrogens is 4. The zero-order chi connectivity index (χ0) is 34.4. The molecule has 0 aliphatic heterocycles. The highest BCUT2D eigenvalue weighted by Gasteiger charge is 2.27. The van der Waals surface area contributed by atoms with Crippen molar-refractivity contribution in [1.82, 2.24) is 18.9 Å². The zero-order valence-corrected chi connectivity index (χ0v) is 29.0. The van der Waals surface area contributed by atoms with E-state index in [1.807, 2.05) is 11.3 Å². The van der Waals surface area contributed by atoms with Crippen molar-refractivity contribution in [3.8, 4) is 17.1 Å². The second kappa shape index (κ2) is 9.94. The fourth-order valence-electron chi connectivity index (χ4n) is 9.23. The minimum atomic E-state index is 0.832. The first-order valence-corrected chi connectivity index (χ1v) is 18.8. The molecular weight excluding hydrogens is 665 g/mol. The lowest BCUT2D eigenvalue weighted by Crippen LogP contribution is -2.04. The molecule has 0 unspecified atom stereocenters. The molecule has 13 aromatic rings. The van der Waals surface area contributed by atoms with Gasteiger partial charge in [0.1, 0.15) is 5.69 Å². The van der Waals surface area contributed by atoms with Gasteiger partial charge in [-0.1, -0.05) is 127 Å². The van der Waals surface area contributed by atoms with Crippen LogP contribution in [0.15, 0.2) is 158 Å². The Hall–Kier alpha value is -6.82. The lowest BCUT2D eigenvalue weighted by Gasteiger charge is -2.15. The average Bonchev–Trinajstić information content (AvgIpc) is 3.84. The molecule has 0 aliphatic carbocycles. The molecule has 244 valence electrons. The molecule has 53 heavy (non-hydrogen) atoms. The molecule has 0 radical (unpaired) electrons. The van der Waals surface area contributed by atoms with E-state index in [2.05, 4.69) is 167 Å². The van der Waals surface area contributed by atoms with Crippen LogP contribution < -0.4 is 0 Å². The highest BCUT2D eigenvalue weighted by molar-refractivity contribution is 7.26. The van der Waals surface area contributed by atoms with Crippen LogP contribution in [-0.4, -0.2) is 18.9 Å². The van der Waals surface area contributed by atoms with Crippen molar-refractivity contribution in [1.29, 1.82) is 0 Å². The summed E-state index contributed by atoms with van der Waals surface area (Å²) in [5, 5.41) is 12.3. The molecule has 5 heteroatoms. The summed E-state index contributed by atoms with van der Waals surface area (Å²) >= 11 is 1.90. The fraction of sp³-hybridized carbons (Fsp3) is 0. The van der Waals surface area contributed by atoms with Crippen LogP contribution in [0.2, 0.25) is 0 Å². The van der Waals surface area contributed by atoms with Gasteiger partial charge in [0, 0.05) is 53.4 Å². The van der Waals surface area contributed by atoms with Gasteiger partial charge in [-0.2, -0.15) is 0 Å². The van der Waals surface area contributed by atoms with Crippen molar-refractivity contribution >= 4 is 113 Å². The molecule has 4 nitrogen and oxygen atoms in total. The molecule has 0 aliphatic rings. The monoisotopic (exact) mass is 690 g/mol. The second-order valence-electron chi connectivity index (χ2n) is 14.1. The normalized spacial score (nSPS) is 12.5. The number of thiophene rings is 1. The third-order valence-corrected chi connectivity index (χ3v) is 12.6. The van der Waals surface area contributed by atoms with Crippen LogP contribution in [0.1, 0.15) is 0 Å². The molecule has 0 atom stereocenters. The van der Waals surface area contributed by atoms with Crippen LogP contribution >= 0.6 is 11.3 Å². The van der Waals surface area contributed by atoms with Gasteiger partial charge in [-0.15, -0.1) is 11.3 Å². The van der Waals surface area contributed by atoms with Gasteiger partial charge in [0.05, 0.1) is 43.3 Å². The van der Waals surface area contributed by atoms with Crippen molar-refractivity contribution in [2.75, 3.05) is 0 Å². The van der Waals surface area contributed by atoms with Crippen LogP contribution in [0.3, 0.4) is 0 Å². The number of para-hydroxylation sites is 2. The average molecular weight is 691 g/mol. The predicted octanol–water partition coefficient (Wildman–Crippen LogP) is 13.1. The van der Waals surface area contributed by atoms with E-state index in [0.29, 0.717) is 0 Å². The molecule has 0 saturated carbocycles. The summed E-state index contributed by atoms with van der Waals surface area (Å²) in [7, 11) is 0. The molecule has 0 N–H and O–H groups in total. The first-order valence-electron chi connectivity index (χ1n) is 18.0. The lowest BCUT2D eigenvalue weighted by atomic mass is 10.0. The Bertz CT molecular complexity index is 3680. The van der Waals surface area contributed by atoms with Crippen molar-refractivity contribution < 1.29 is 0 Å². The minimum Gasteiger partial charge on any atom is -0.306 e. The van der Waals surface area contributed by atoms with Crippen LogP contribution in [0.5, 0.6) is 0 Å². The highest BCUT2D eigenvalue weighted by Crippen LogP contribution is 2.49. The molecule has 5 heterocycles. The Balaban J connectivity index is 1.35. The third-order valence-electron chi connectivity index (χ3n) is 11.4. The van der Waals surface area contributed by atoms with Crippen molar-refractivity contribution in [2.45, 2.75) is 0 Å². The molecular formula is C48H26N4S. The number of fused-ring (bicyclic) bond motifs is 12. The van der Waals surface area contributed by atoms with Gasteiger partial charge in [-0.3, -0.25) is 4.57 Å². The van der Waals surface area contributed by atoms with Gasteiger partial charge in [0.15, 0.2) is 5.82 Å². The lowest BCUT2D eigenvalue weighted by molar-refractivity contribution is 1.08. The highest BCUT2D eigenvalue weighted by atomic mass is 32.1. The van der Waals surface area contributed by atoms with Crippen LogP contribution in [-0.2, 0) is 0 Å². The Labute approximate surface area is 305 Å². The fourth-order valence-corrected chi connectivity index (χ4v) is 10.5. The van der Waals surface area contributed by atoms with Crippen molar-refractivity contribution in [3.05, 3.63) is 158 Å². The molecule has 0 bridgehead atoms. The first kappa shape index (κ1) is 27.8. The molecule has 0 fully saturated rings. The summed E-state index contributed by atoms with van der Waals surface area (Å²) in [4.78, 5) is 11.1. The van der Waals surface area contributed by atoms with E-state index < -0.39 is 0 Å².